The maximum atomic E-state index is 13.2. The molecule has 0 saturated heterocycles. The highest BCUT2D eigenvalue weighted by Gasteiger charge is 2.34. The molecule has 4 rings (SSSR count). The third-order valence-corrected chi connectivity index (χ3v) is 6.60. The van der Waals surface area contributed by atoms with Gasteiger partial charge in [0.1, 0.15) is 5.75 Å². The third-order valence-electron chi connectivity index (χ3n) is 6.00. The van der Waals surface area contributed by atoms with Crippen molar-refractivity contribution in [1.29, 1.82) is 0 Å². The fourth-order valence-corrected chi connectivity index (χ4v) is 4.67. The van der Waals surface area contributed by atoms with Crippen molar-refractivity contribution in [3.63, 3.8) is 0 Å². The van der Waals surface area contributed by atoms with Crippen molar-refractivity contribution in [2.75, 3.05) is 31.1 Å². The van der Waals surface area contributed by atoms with Crippen LogP contribution in [0.3, 0.4) is 0 Å². The van der Waals surface area contributed by atoms with Crippen LogP contribution in [0.2, 0.25) is 0 Å². The number of hydrogen-bond acceptors (Lipinski definition) is 7. The topological polar surface area (TPSA) is 74.6 Å². The Kier molecular flexibility index (Phi) is 7.53. The zero-order valence-corrected chi connectivity index (χ0v) is 20.7. The van der Waals surface area contributed by atoms with Crippen molar-refractivity contribution in [1.82, 2.24) is 5.06 Å². The first-order chi connectivity index (χ1) is 16.5. The Morgan fingerprint density at radius 2 is 1.53 bits per heavy atom. The molecule has 3 aromatic carbocycles. The molecule has 178 valence electrons. The van der Waals surface area contributed by atoms with Gasteiger partial charge in [-0.1, -0.05) is 36.4 Å². The minimum atomic E-state index is -0.331. The first-order valence-corrected chi connectivity index (χ1v) is 12.3. The second kappa shape index (κ2) is 10.6. The molecule has 1 heterocycles. The van der Waals surface area contributed by atoms with Gasteiger partial charge < -0.3 is 10.0 Å². The average molecular weight is 480 g/mol. The van der Waals surface area contributed by atoms with Gasteiger partial charge in [0.15, 0.2) is 0 Å². The quantitative estimate of drug-likeness (QED) is 0.231. The molecule has 7 nitrogen and oxygen atoms in total. The summed E-state index contributed by atoms with van der Waals surface area (Å²) in [5.74, 6) is -0.247. The summed E-state index contributed by atoms with van der Waals surface area (Å²) in [5, 5.41) is 14.5. The van der Waals surface area contributed by atoms with Crippen LogP contribution in [-0.4, -0.2) is 48.0 Å². The molecule has 0 aliphatic carbocycles. The summed E-state index contributed by atoms with van der Waals surface area (Å²) in [6.45, 7) is 11.0. The van der Waals surface area contributed by atoms with E-state index in [-0.39, 0.29) is 11.7 Å². The van der Waals surface area contributed by atoms with Crippen molar-refractivity contribution in [3.8, 4) is 5.75 Å². The Labute approximate surface area is 204 Å². The number of anilines is 1. The fourth-order valence-electron chi connectivity index (χ4n) is 4.23. The lowest BCUT2D eigenvalue weighted by Gasteiger charge is -2.26. The number of hydroxylamine groups is 2. The van der Waals surface area contributed by atoms with E-state index in [9.17, 15) is 9.90 Å². The molecule has 0 unspecified atom stereocenters. The molecule has 1 N–H and O–H groups in total. The van der Waals surface area contributed by atoms with E-state index in [1.165, 1.54) is 0 Å². The molecule has 1 aliphatic heterocycles. The Balaban J connectivity index is 1.71. The first-order valence-electron chi connectivity index (χ1n) is 11.6. The number of hydrogen-bond donors (Lipinski definition) is 1. The molecule has 0 saturated carbocycles. The number of amides is 1. The van der Waals surface area contributed by atoms with Crippen LogP contribution in [0.15, 0.2) is 58.4 Å². The number of benzene rings is 3. The molecule has 1 amide bonds. The second-order valence-corrected chi connectivity index (χ2v) is 8.57. The molecule has 0 radical (unpaired) electrons. The maximum absolute atomic E-state index is 13.2. The summed E-state index contributed by atoms with van der Waals surface area (Å²) in [7, 11) is 0. The number of aliphatic imine (C=N–C) groups is 1. The van der Waals surface area contributed by atoms with E-state index in [2.05, 4.69) is 23.7 Å². The number of phenols is 1. The van der Waals surface area contributed by atoms with E-state index >= 15 is 0 Å². The lowest BCUT2D eigenvalue weighted by Crippen LogP contribution is -2.24. The lowest BCUT2D eigenvalue weighted by molar-refractivity contribution is -0.357. The van der Waals surface area contributed by atoms with E-state index in [0.717, 1.165) is 59.8 Å². The molecule has 0 bridgehead atoms. The van der Waals surface area contributed by atoms with Crippen LogP contribution in [0.1, 0.15) is 49.2 Å². The Bertz CT molecular complexity index is 1220. The number of fused-ring (bicyclic) bond motifs is 2. The van der Waals surface area contributed by atoms with Gasteiger partial charge in [0.2, 0.25) is 0 Å². The number of aromatic hydroxyl groups is 1. The zero-order chi connectivity index (χ0) is 24.2. The number of rotatable bonds is 10. The minimum Gasteiger partial charge on any atom is -0.507 e. The van der Waals surface area contributed by atoms with Crippen LogP contribution in [0.5, 0.6) is 5.75 Å². The zero-order valence-electron chi connectivity index (χ0n) is 19.9. The largest absolute Gasteiger partial charge is 0.507 e. The van der Waals surface area contributed by atoms with E-state index in [0.29, 0.717) is 22.2 Å². The number of carbonyl (C=O) groups is 1. The van der Waals surface area contributed by atoms with Crippen molar-refractivity contribution in [2.45, 2.75) is 32.6 Å². The Hall–Kier alpha value is -2.91. The van der Waals surface area contributed by atoms with Crippen molar-refractivity contribution >= 4 is 40.1 Å². The molecule has 0 atom stereocenters. The summed E-state index contributed by atoms with van der Waals surface area (Å²) < 4.78 is 5.25. The summed E-state index contributed by atoms with van der Waals surface area (Å²) >= 11 is 1.11. The molecule has 0 spiro atoms. The van der Waals surface area contributed by atoms with Gasteiger partial charge in [-0.05, 0) is 39.8 Å². The molecular formula is C26H29N3O4S. The predicted molar refractivity (Wildman–Crippen MR) is 137 cm³/mol. The second-order valence-electron chi connectivity index (χ2n) is 7.80. The molecule has 0 aromatic heterocycles. The fraction of sp³-hybridized carbons (Fsp3) is 0.308. The van der Waals surface area contributed by atoms with Crippen LogP contribution < -0.4 is 4.90 Å². The number of phenolic OH excluding ortho intramolecular Hbond substituents is 1. The van der Waals surface area contributed by atoms with E-state index in [1.807, 2.05) is 62.4 Å². The van der Waals surface area contributed by atoms with E-state index in [4.69, 9.17) is 9.32 Å². The van der Waals surface area contributed by atoms with E-state index < -0.39 is 0 Å². The SMILES string of the molecule is CCN(CC)OOSc1ccc(C2=NC(=O)c3c2c(O)c2ccccc2c3N(CC)CC)cc1. The highest BCUT2D eigenvalue weighted by molar-refractivity contribution is 7.94. The summed E-state index contributed by atoms with van der Waals surface area (Å²) in [6.07, 6.45) is 0. The van der Waals surface area contributed by atoms with Crippen LogP contribution in [0.4, 0.5) is 5.69 Å². The number of carbonyl (C=O) groups excluding carboxylic acids is 1. The van der Waals surface area contributed by atoms with Gasteiger partial charge in [-0.3, -0.25) is 4.79 Å². The molecule has 8 heteroatoms. The van der Waals surface area contributed by atoms with E-state index in [1.54, 1.807) is 5.06 Å². The summed E-state index contributed by atoms with van der Waals surface area (Å²) in [4.78, 5) is 25.8. The third kappa shape index (κ3) is 4.42. The van der Waals surface area contributed by atoms with Gasteiger partial charge >= 0.3 is 0 Å². The van der Waals surface area contributed by atoms with Gasteiger partial charge in [0.05, 0.1) is 34.6 Å². The molecule has 34 heavy (non-hydrogen) atoms. The van der Waals surface area contributed by atoms with Gasteiger partial charge in [-0.2, -0.15) is 5.06 Å². The number of nitrogens with zero attached hydrogens (tertiary/aromatic N) is 3. The van der Waals surface area contributed by atoms with Crippen LogP contribution in [0.25, 0.3) is 10.8 Å². The summed E-state index contributed by atoms with van der Waals surface area (Å²) in [6, 6.07) is 15.1. The highest BCUT2D eigenvalue weighted by Crippen LogP contribution is 2.44. The monoisotopic (exact) mass is 479 g/mol. The standard InChI is InChI=1S/C26H29N3O4S/c1-5-28(6-2)24-19-11-9-10-12-20(19)25(30)21-22(24)26(31)27-23(21)17-13-15-18(16-14-17)34-33-32-29(7-3)8-4/h9-16,30H,5-8H2,1-4H3. The van der Waals surface area contributed by atoms with Gasteiger partial charge in [0.25, 0.3) is 5.91 Å². The Morgan fingerprint density at radius 3 is 2.15 bits per heavy atom. The van der Waals surface area contributed by atoms with Crippen molar-refractivity contribution in [3.05, 3.63) is 65.2 Å². The van der Waals surface area contributed by atoms with Crippen molar-refractivity contribution in [2.24, 2.45) is 4.99 Å². The summed E-state index contributed by atoms with van der Waals surface area (Å²) in [5.41, 5.74) is 3.01. The predicted octanol–water partition coefficient (Wildman–Crippen LogP) is 5.59. The van der Waals surface area contributed by atoms with Crippen LogP contribution >= 0.6 is 12.0 Å². The van der Waals surface area contributed by atoms with Gasteiger partial charge in [-0.25, -0.2) is 4.99 Å². The highest BCUT2D eigenvalue weighted by atomic mass is 32.2. The molecule has 0 fully saturated rings. The normalized spacial score (nSPS) is 13.0. The molecule has 1 aliphatic rings. The first kappa shape index (κ1) is 24.2. The smallest absolute Gasteiger partial charge is 0.280 e. The average Bonchev–Trinajstić information content (AvgIpc) is 3.22. The van der Waals surface area contributed by atoms with Crippen LogP contribution in [0, 0.1) is 0 Å². The minimum absolute atomic E-state index is 0.0838. The Morgan fingerprint density at radius 1 is 0.882 bits per heavy atom. The van der Waals surface area contributed by atoms with Gasteiger partial charge in [0, 0.05) is 47.4 Å². The van der Waals surface area contributed by atoms with Crippen molar-refractivity contribution < 1.29 is 19.2 Å². The lowest BCUT2D eigenvalue weighted by atomic mass is 9.92. The maximum Gasteiger partial charge on any atom is 0.280 e. The molecular weight excluding hydrogens is 450 g/mol. The molecule has 3 aromatic rings. The van der Waals surface area contributed by atoms with Gasteiger partial charge in [-0.15, -0.1) is 9.32 Å². The van der Waals surface area contributed by atoms with Crippen LogP contribution in [-0.2, 0) is 9.32 Å².